The highest BCUT2D eigenvalue weighted by Crippen LogP contribution is 2.13. The number of halogens is 1. The van der Waals surface area contributed by atoms with Crippen LogP contribution in [0.15, 0.2) is 24.3 Å². The SMILES string of the molecule is CCC(C)NC(=O)C(=O)Nc1ccc(Cl)cc1. The van der Waals surface area contributed by atoms with E-state index in [1.807, 2.05) is 13.8 Å². The van der Waals surface area contributed by atoms with E-state index in [1.54, 1.807) is 24.3 Å². The maximum atomic E-state index is 11.5. The molecule has 2 N–H and O–H groups in total. The van der Waals surface area contributed by atoms with Crippen molar-refractivity contribution in [1.29, 1.82) is 0 Å². The van der Waals surface area contributed by atoms with Crippen LogP contribution in [0.25, 0.3) is 0 Å². The van der Waals surface area contributed by atoms with Gasteiger partial charge in [-0.1, -0.05) is 18.5 Å². The second kappa shape index (κ2) is 6.25. The molecule has 1 atom stereocenters. The lowest BCUT2D eigenvalue weighted by Crippen LogP contribution is -2.40. The highest BCUT2D eigenvalue weighted by molar-refractivity contribution is 6.39. The van der Waals surface area contributed by atoms with Gasteiger partial charge in [0, 0.05) is 16.8 Å². The normalized spacial score (nSPS) is 11.7. The van der Waals surface area contributed by atoms with Crippen LogP contribution in [0.2, 0.25) is 5.02 Å². The Balaban J connectivity index is 2.54. The summed E-state index contributed by atoms with van der Waals surface area (Å²) in [5.41, 5.74) is 0.540. The summed E-state index contributed by atoms with van der Waals surface area (Å²) in [7, 11) is 0. The van der Waals surface area contributed by atoms with Gasteiger partial charge in [-0.3, -0.25) is 9.59 Å². The number of benzene rings is 1. The van der Waals surface area contributed by atoms with Crippen molar-refractivity contribution < 1.29 is 9.59 Å². The molecular formula is C12H15ClN2O2. The van der Waals surface area contributed by atoms with Crippen LogP contribution < -0.4 is 10.6 Å². The quantitative estimate of drug-likeness (QED) is 0.813. The first kappa shape index (κ1) is 13.5. The van der Waals surface area contributed by atoms with Gasteiger partial charge in [-0.15, -0.1) is 0 Å². The first-order chi connectivity index (χ1) is 8.02. The number of anilines is 1. The molecule has 1 unspecified atom stereocenters. The summed E-state index contributed by atoms with van der Waals surface area (Å²) in [6.07, 6.45) is 0.778. The Kier molecular flexibility index (Phi) is 4.97. The molecule has 1 aromatic carbocycles. The summed E-state index contributed by atoms with van der Waals surface area (Å²) in [6, 6.07) is 6.54. The van der Waals surface area contributed by atoms with Crippen molar-refractivity contribution in [3.8, 4) is 0 Å². The van der Waals surface area contributed by atoms with Crippen LogP contribution in [0.1, 0.15) is 20.3 Å². The van der Waals surface area contributed by atoms with Crippen molar-refractivity contribution in [2.24, 2.45) is 0 Å². The van der Waals surface area contributed by atoms with Crippen LogP contribution in [0.3, 0.4) is 0 Å². The monoisotopic (exact) mass is 254 g/mol. The van der Waals surface area contributed by atoms with E-state index in [1.165, 1.54) is 0 Å². The van der Waals surface area contributed by atoms with Crippen LogP contribution in [0.5, 0.6) is 0 Å². The van der Waals surface area contributed by atoms with Crippen molar-refractivity contribution >= 4 is 29.1 Å². The molecule has 0 bridgehead atoms. The third-order valence-electron chi connectivity index (χ3n) is 2.30. The Labute approximate surface area is 105 Å². The Bertz CT molecular complexity index is 403. The van der Waals surface area contributed by atoms with Crippen LogP contribution in [0.4, 0.5) is 5.69 Å². The maximum absolute atomic E-state index is 11.5. The predicted molar refractivity (Wildman–Crippen MR) is 68.0 cm³/mol. The Morgan fingerprint density at radius 2 is 1.82 bits per heavy atom. The molecule has 5 heteroatoms. The van der Waals surface area contributed by atoms with Crippen molar-refractivity contribution in [2.45, 2.75) is 26.3 Å². The molecule has 0 saturated heterocycles. The van der Waals surface area contributed by atoms with Crippen molar-refractivity contribution in [1.82, 2.24) is 5.32 Å². The minimum absolute atomic E-state index is 0.0153. The summed E-state index contributed by atoms with van der Waals surface area (Å²) in [4.78, 5) is 22.9. The third kappa shape index (κ3) is 4.44. The van der Waals surface area contributed by atoms with Gasteiger partial charge >= 0.3 is 11.8 Å². The molecule has 0 aliphatic rings. The number of amides is 2. The maximum Gasteiger partial charge on any atom is 0.313 e. The average Bonchev–Trinajstić information content (AvgIpc) is 2.31. The van der Waals surface area contributed by atoms with E-state index < -0.39 is 11.8 Å². The van der Waals surface area contributed by atoms with E-state index in [0.717, 1.165) is 6.42 Å². The zero-order valence-corrected chi connectivity index (χ0v) is 10.5. The van der Waals surface area contributed by atoms with Crippen LogP contribution in [0, 0.1) is 0 Å². The lowest BCUT2D eigenvalue weighted by molar-refractivity contribution is -0.136. The fourth-order valence-corrected chi connectivity index (χ4v) is 1.24. The molecule has 92 valence electrons. The molecule has 0 heterocycles. The van der Waals surface area contributed by atoms with E-state index in [-0.39, 0.29) is 6.04 Å². The number of hydrogen-bond donors (Lipinski definition) is 2. The second-order valence-corrected chi connectivity index (χ2v) is 4.18. The summed E-state index contributed by atoms with van der Waals surface area (Å²) in [5.74, 6) is -1.30. The molecular weight excluding hydrogens is 240 g/mol. The van der Waals surface area contributed by atoms with Gasteiger partial charge in [0.2, 0.25) is 0 Å². The van der Waals surface area contributed by atoms with Crippen molar-refractivity contribution in [2.75, 3.05) is 5.32 Å². The molecule has 2 amide bonds. The molecule has 0 spiro atoms. The summed E-state index contributed by atoms with van der Waals surface area (Å²) < 4.78 is 0. The summed E-state index contributed by atoms with van der Waals surface area (Å²) in [5, 5.41) is 5.65. The number of hydrogen-bond acceptors (Lipinski definition) is 2. The first-order valence-electron chi connectivity index (χ1n) is 5.40. The van der Waals surface area contributed by atoms with Crippen molar-refractivity contribution in [3.63, 3.8) is 0 Å². The van der Waals surface area contributed by atoms with E-state index in [9.17, 15) is 9.59 Å². The van der Waals surface area contributed by atoms with Gasteiger partial charge in [0.05, 0.1) is 0 Å². The molecule has 0 fully saturated rings. The van der Waals surface area contributed by atoms with E-state index >= 15 is 0 Å². The Morgan fingerprint density at radius 3 is 2.35 bits per heavy atom. The highest BCUT2D eigenvalue weighted by Gasteiger charge is 2.15. The largest absolute Gasteiger partial charge is 0.345 e. The number of carbonyl (C=O) groups excluding carboxylic acids is 2. The molecule has 17 heavy (non-hydrogen) atoms. The number of rotatable bonds is 3. The minimum Gasteiger partial charge on any atom is -0.345 e. The van der Waals surface area contributed by atoms with Gasteiger partial charge in [0.15, 0.2) is 0 Å². The zero-order valence-electron chi connectivity index (χ0n) is 9.79. The lowest BCUT2D eigenvalue weighted by Gasteiger charge is -2.11. The molecule has 0 aromatic heterocycles. The number of carbonyl (C=O) groups is 2. The highest BCUT2D eigenvalue weighted by atomic mass is 35.5. The second-order valence-electron chi connectivity index (χ2n) is 3.74. The van der Waals surface area contributed by atoms with E-state index in [0.29, 0.717) is 10.7 Å². The summed E-state index contributed by atoms with van der Waals surface area (Å²) in [6.45, 7) is 3.77. The molecule has 0 aliphatic heterocycles. The molecule has 0 saturated carbocycles. The predicted octanol–water partition coefficient (Wildman–Crippen LogP) is 2.19. The van der Waals surface area contributed by atoms with Crippen LogP contribution in [-0.2, 0) is 9.59 Å². The van der Waals surface area contributed by atoms with Crippen LogP contribution >= 0.6 is 11.6 Å². The lowest BCUT2D eigenvalue weighted by atomic mass is 10.2. The standard InChI is InChI=1S/C12H15ClN2O2/c1-3-8(2)14-11(16)12(17)15-10-6-4-9(13)5-7-10/h4-8H,3H2,1-2H3,(H,14,16)(H,15,17). The molecule has 0 aliphatic carbocycles. The van der Waals surface area contributed by atoms with E-state index in [2.05, 4.69) is 10.6 Å². The van der Waals surface area contributed by atoms with Gasteiger partial charge in [-0.25, -0.2) is 0 Å². The molecule has 1 rings (SSSR count). The fourth-order valence-electron chi connectivity index (χ4n) is 1.11. The average molecular weight is 255 g/mol. The van der Waals surface area contributed by atoms with Gasteiger partial charge in [0.25, 0.3) is 0 Å². The third-order valence-corrected chi connectivity index (χ3v) is 2.55. The van der Waals surface area contributed by atoms with E-state index in [4.69, 9.17) is 11.6 Å². The molecule has 0 radical (unpaired) electrons. The topological polar surface area (TPSA) is 58.2 Å². The van der Waals surface area contributed by atoms with Gasteiger partial charge in [0.1, 0.15) is 0 Å². The van der Waals surface area contributed by atoms with Gasteiger partial charge in [-0.2, -0.15) is 0 Å². The Morgan fingerprint density at radius 1 is 1.24 bits per heavy atom. The fraction of sp³-hybridized carbons (Fsp3) is 0.333. The molecule has 4 nitrogen and oxygen atoms in total. The van der Waals surface area contributed by atoms with Gasteiger partial charge < -0.3 is 10.6 Å². The zero-order chi connectivity index (χ0) is 12.8. The smallest absolute Gasteiger partial charge is 0.313 e. The Hall–Kier alpha value is -1.55. The van der Waals surface area contributed by atoms with Crippen LogP contribution in [-0.4, -0.2) is 17.9 Å². The number of nitrogens with one attached hydrogen (secondary N) is 2. The van der Waals surface area contributed by atoms with Crippen molar-refractivity contribution in [3.05, 3.63) is 29.3 Å². The summed E-state index contributed by atoms with van der Waals surface area (Å²) >= 11 is 5.71. The minimum atomic E-state index is -0.673. The molecule has 1 aromatic rings. The first-order valence-corrected chi connectivity index (χ1v) is 5.78. The van der Waals surface area contributed by atoms with Gasteiger partial charge in [-0.05, 0) is 37.6 Å².